The van der Waals surface area contributed by atoms with Gasteiger partial charge >= 0.3 is 0 Å². The third kappa shape index (κ3) is 2.82. The molecule has 1 aliphatic rings. The van der Waals surface area contributed by atoms with E-state index in [4.69, 9.17) is 4.42 Å². The van der Waals surface area contributed by atoms with Crippen molar-refractivity contribution >= 4 is 50.3 Å². The summed E-state index contributed by atoms with van der Waals surface area (Å²) in [5, 5.41) is 2.45. The zero-order valence-corrected chi connectivity index (χ0v) is 16.6. The standard InChI is InChI=1S/C24H11FN2O3S/c25-15-7-5-12(6-8-15)23-27-22-24(31-23)26-19(30-22)11-18-20(28)16-9-13-3-1-2-4-14(13)10-17(16)21(18)29/h1-11H. The Labute approximate surface area is 178 Å². The Hall–Kier alpha value is -3.97. The van der Waals surface area contributed by atoms with Crippen molar-refractivity contribution in [3.63, 3.8) is 0 Å². The van der Waals surface area contributed by atoms with Crippen molar-refractivity contribution in [2.45, 2.75) is 0 Å². The number of thiazole rings is 1. The van der Waals surface area contributed by atoms with E-state index in [0.29, 0.717) is 26.7 Å². The van der Waals surface area contributed by atoms with Gasteiger partial charge in [-0.15, -0.1) is 0 Å². The molecule has 3 aromatic carbocycles. The normalized spacial score (nSPS) is 13.4. The zero-order valence-electron chi connectivity index (χ0n) is 15.8. The van der Waals surface area contributed by atoms with Crippen LogP contribution in [0.25, 0.3) is 38.0 Å². The van der Waals surface area contributed by atoms with Gasteiger partial charge in [0.1, 0.15) is 10.8 Å². The van der Waals surface area contributed by atoms with Gasteiger partial charge in [-0.25, -0.2) is 4.39 Å². The van der Waals surface area contributed by atoms with Gasteiger partial charge in [-0.05, 0) is 47.2 Å². The van der Waals surface area contributed by atoms with Crippen LogP contribution >= 0.6 is 11.3 Å². The van der Waals surface area contributed by atoms with Gasteiger partial charge in [-0.2, -0.15) is 9.97 Å². The van der Waals surface area contributed by atoms with Crippen LogP contribution in [-0.2, 0) is 0 Å². The number of halogens is 1. The van der Waals surface area contributed by atoms with Crippen LogP contribution in [-0.4, -0.2) is 21.5 Å². The van der Waals surface area contributed by atoms with E-state index in [2.05, 4.69) is 9.97 Å². The maximum atomic E-state index is 13.1. The summed E-state index contributed by atoms with van der Waals surface area (Å²) in [4.78, 5) is 35.0. The van der Waals surface area contributed by atoms with Crippen molar-refractivity contribution in [1.82, 2.24) is 9.97 Å². The number of ketones is 2. The van der Waals surface area contributed by atoms with Crippen LogP contribution in [0.2, 0.25) is 0 Å². The summed E-state index contributed by atoms with van der Waals surface area (Å²) >= 11 is 1.29. The minimum atomic E-state index is -0.340. The number of rotatable bonds is 2. The first kappa shape index (κ1) is 17.9. The average molecular weight is 426 g/mol. The maximum Gasteiger partial charge on any atom is 0.259 e. The summed E-state index contributed by atoms with van der Waals surface area (Å²) in [6.07, 6.45) is 1.38. The lowest BCUT2D eigenvalue weighted by molar-refractivity contribution is 0.0990. The Bertz CT molecular complexity index is 1490. The second-order valence-corrected chi connectivity index (χ2v) is 8.13. The van der Waals surface area contributed by atoms with E-state index in [1.807, 2.05) is 24.3 Å². The van der Waals surface area contributed by atoms with Gasteiger partial charge in [0.2, 0.25) is 5.89 Å². The van der Waals surface area contributed by atoms with Gasteiger partial charge in [0.15, 0.2) is 16.4 Å². The van der Waals surface area contributed by atoms with Crippen LogP contribution in [0.15, 0.2) is 70.7 Å². The quantitative estimate of drug-likeness (QED) is 0.267. The van der Waals surface area contributed by atoms with Gasteiger partial charge in [-0.1, -0.05) is 35.6 Å². The Kier molecular flexibility index (Phi) is 3.75. The molecule has 148 valence electrons. The molecule has 0 bridgehead atoms. The lowest BCUT2D eigenvalue weighted by Crippen LogP contribution is -2.00. The fraction of sp³-hybridized carbons (Fsp3) is 0. The lowest BCUT2D eigenvalue weighted by Gasteiger charge is -2.00. The number of carbonyl (C=O) groups is 2. The molecule has 7 heteroatoms. The van der Waals surface area contributed by atoms with E-state index in [1.54, 1.807) is 24.3 Å². The predicted molar refractivity (Wildman–Crippen MR) is 116 cm³/mol. The second-order valence-electron chi connectivity index (χ2n) is 7.15. The molecule has 0 saturated heterocycles. The Morgan fingerprint density at radius 1 is 0.871 bits per heavy atom. The molecule has 31 heavy (non-hydrogen) atoms. The molecule has 0 aliphatic heterocycles. The van der Waals surface area contributed by atoms with Gasteiger partial charge in [0.25, 0.3) is 5.71 Å². The third-order valence-electron chi connectivity index (χ3n) is 5.22. The molecule has 0 unspecified atom stereocenters. The van der Waals surface area contributed by atoms with Gasteiger partial charge < -0.3 is 4.42 Å². The first-order valence-corrected chi connectivity index (χ1v) is 10.3. The van der Waals surface area contributed by atoms with Crippen molar-refractivity contribution in [2.24, 2.45) is 0 Å². The van der Waals surface area contributed by atoms with Crippen LogP contribution in [0.4, 0.5) is 4.39 Å². The highest BCUT2D eigenvalue weighted by Crippen LogP contribution is 2.34. The molecule has 6 rings (SSSR count). The number of hydrogen-bond donors (Lipinski definition) is 0. The highest BCUT2D eigenvalue weighted by Gasteiger charge is 2.34. The SMILES string of the molecule is O=C1C(=Cc2nc3sc(-c4ccc(F)cc4)nc3o2)C(=O)c2cc3ccccc3cc21. The highest BCUT2D eigenvalue weighted by molar-refractivity contribution is 7.21. The topological polar surface area (TPSA) is 73.1 Å². The summed E-state index contributed by atoms with van der Waals surface area (Å²) in [6.45, 7) is 0. The van der Waals surface area contributed by atoms with E-state index < -0.39 is 0 Å². The van der Waals surface area contributed by atoms with E-state index in [-0.39, 0.29) is 28.8 Å². The molecule has 5 aromatic rings. The number of oxazole rings is 1. The van der Waals surface area contributed by atoms with Crippen LogP contribution in [0.1, 0.15) is 26.6 Å². The molecule has 0 atom stereocenters. The summed E-state index contributed by atoms with van der Waals surface area (Å²) in [6, 6.07) is 17.1. The third-order valence-corrected chi connectivity index (χ3v) is 6.20. The number of nitrogens with zero attached hydrogens (tertiary/aromatic N) is 2. The summed E-state index contributed by atoms with van der Waals surface area (Å²) in [7, 11) is 0. The molecule has 0 saturated carbocycles. The van der Waals surface area contributed by atoms with Crippen molar-refractivity contribution < 1.29 is 18.4 Å². The maximum absolute atomic E-state index is 13.1. The smallest absolute Gasteiger partial charge is 0.259 e. The van der Waals surface area contributed by atoms with E-state index in [9.17, 15) is 14.0 Å². The van der Waals surface area contributed by atoms with Gasteiger partial charge in [0.05, 0.1) is 5.57 Å². The van der Waals surface area contributed by atoms with Gasteiger partial charge in [0, 0.05) is 22.8 Å². The molecule has 2 aromatic heterocycles. The molecule has 2 heterocycles. The predicted octanol–water partition coefficient (Wildman–Crippen LogP) is 5.71. The largest absolute Gasteiger partial charge is 0.417 e. The van der Waals surface area contributed by atoms with Crippen LogP contribution in [0.5, 0.6) is 0 Å². The van der Waals surface area contributed by atoms with Gasteiger partial charge in [-0.3, -0.25) is 9.59 Å². The Balaban J connectivity index is 1.38. The number of fused-ring (bicyclic) bond motifs is 3. The summed E-state index contributed by atoms with van der Waals surface area (Å²) in [5.74, 6) is -0.858. The number of aromatic nitrogens is 2. The monoisotopic (exact) mass is 426 g/mol. The number of Topliss-reactive ketones (excluding diaryl/α,β-unsaturated/α-hetero) is 2. The number of carbonyl (C=O) groups excluding carboxylic acids is 2. The van der Waals surface area contributed by atoms with Crippen molar-refractivity contribution in [1.29, 1.82) is 0 Å². The molecule has 5 nitrogen and oxygen atoms in total. The number of hydrogen-bond acceptors (Lipinski definition) is 6. The Morgan fingerprint density at radius 3 is 2.13 bits per heavy atom. The van der Waals surface area contributed by atoms with Crippen molar-refractivity contribution in [2.75, 3.05) is 0 Å². The first-order valence-electron chi connectivity index (χ1n) is 9.44. The van der Waals surface area contributed by atoms with Crippen LogP contribution in [0, 0.1) is 5.82 Å². The van der Waals surface area contributed by atoms with Crippen LogP contribution in [0.3, 0.4) is 0 Å². The average Bonchev–Trinajstić information content (AvgIpc) is 3.40. The molecular formula is C24H11FN2O3S. The number of benzene rings is 3. The molecule has 0 amide bonds. The summed E-state index contributed by atoms with van der Waals surface area (Å²) < 4.78 is 18.8. The molecule has 0 fully saturated rings. The van der Waals surface area contributed by atoms with E-state index in [1.165, 1.54) is 29.5 Å². The number of allylic oxidation sites excluding steroid dienone is 1. The van der Waals surface area contributed by atoms with Crippen LogP contribution < -0.4 is 0 Å². The molecule has 0 spiro atoms. The minimum absolute atomic E-state index is 0.0259. The van der Waals surface area contributed by atoms with Crippen molar-refractivity contribution in [3.05, 3.63) is 89.1 Å². The summed E-state index contributed by atoms with van der Waals surface area (Å²) in [5.41, 5.74) is 1.86. The van der Waals surface area contributed by atoms with E-state index >= 15 is 0 Å². The minimum Gasteiger partial charge on any atom is -0.417 e. The second kappa shape index (κ2) is 6.52. The molecular weight excluding hydrogens is 415 g/mol. The van der Waals surface area contributed by atoms with E-state index in [0.717, 1.165) is 16.3 Å². The Morgan fingerprint density at radius 2 is 1.52 bits per heavy atom. The highest BCUT2D eigenvalue weighted by atomic mass is 32.1. The van der Waals surface area contributed by atoms with Crippen molar-refractivity contribution in [3.8, 4) is 10.6 Å². The fourth-order valence-electron chi connectivity index (χ4n) is 3.70. The fourth-order valence-corrected chi connectivity index (χ4v) is 4.57. The first-order chi connectivity index (χ1) is 15.1. The molecule has 1 aliphatic carbocycles. The lowest BCUT2D eigenvalue weighted by atomic mass is 10.0. The molecule has 0 radical (unpaired) electrons. The molecule has 0 N–H and O–H groups in total. The zero-order chi connectivity index (χ0) is 21.1.